The molecule has 1 fully saturated rings. The molecule has 1 aliphatic heterocycles. The molecule has 0 aliphatic carbocycles. The zero-order valence-corrected chi connectivity index (χ0v) is 24.6. The number of hydrogen-bond donors (Lipinski definition) is 0. The normalized spacial score (nSPS) is 16.8. The van der Waals surface area contributed by atoms with E-state index in [1.807, 2.05) is 0 Å². The van der Waals surface area contributed by atoms with Gasteiger partial charge in [-0.25, -0.2) is 0 Å². The zero-order chi connectivity index (χ0) is 26.9. The predicted molar refractivity (Wildman–Crippen MR) is 162 cm³/mol. The second-order valence-electron chi connectivity index (χ2n) is 12.5. The molecule has 3 heteroatoms. The molecule has 0 N–H and O–H groups in total. The maximum atomic E-state index is 9.09. The lowest BCUT2D eigenvalue weighted by molar-refractivity contribution is -0.665. The van der Waals surface area contributed by atoms with Crippen molar-refractivity contribution in [1.82, 2.24) is 4.57 Å². The summed E-state index contributed by atoms with van der Waals surface area (Å²) in [4.78, 5) is 0. The fourth-order valence-electron chi connectivity index (χ4n) is 6.78. The van der Waals surface area contributed by atoms with E-state index in [4.69, 9.17) is 1.37 Å². The summed E-state index contributed by atoms with van der Waals surface area (Å²) in [5, 5.41) is 4.93. The molecular formula is C34H41N2Si+. The van der Waals surface area contributed by atoms with Crippen LogP contribution in [0.5, 0.6) is 0 Å². The second kappa shape index (κ2) is 8.84. The number of rotatable bonds is 3. The molecule has 2 nitrogen and oxygen atoms in total. The summed E-state index contributed by atoms with van der Waals surface area (Å²) >= 11 is 0. The van der Waals surface area contributed by atoms with Crippen molar-refractivity contribution in [3.63, 3.8) is 0 Å². The topological polar surface area (TPSA) is 8.81 Å². The van der Waals surface area contributed by atoms with Gasteiger partial charge in [0, 0.05) is 43.4 Å². The van der Waals surface area contributed by atoms with E-state index >= 15 is 0 Å². The van der Waals surface area contributed by atoms with Crippen molar-refractivity contribution in [2.24, 2.45) is 7.05 Å². The summed E-state index contributed by atoms with van der Waals surface area (Å²) in [6.07, 6.45) is 2.61. The van der Waals surface area contributed by atoms with Crippen molar-refractivity contribution in [1.29, 1.82) is 0 Å². The minimum atomic E-state index is -0.996. The first-order valence-corrected chi connectivity index (χ1v) is 17.5. The molecule has 0 radical (unpaired) electrons. The SMILES string of the molecule is [2H]c1c(C)[n+](C)c(-c2cc3c(cc2C)c2ccccc2n3C(C)C)c2ccc(C3CC[Si](C)(C)CC3)cc12. The van der Waals surface area contributed by atoms with E-state index in [1.54, 1.807) is 0 Å². The van der Waals surface area contributed by atoms with Crippen LogP contribution in [-0.4, -0.2) is 12.6 Å². The van der Waals surface area contributed by atoms with Crippen LogP contribution in [0, 0.1) is 13.8 Å². The molecule has 0 bridgehead atoms. The predicted octanol–water partition coefficient (Wildman–Crippen LogP) is 9.22. The average molecular weight is 507 g/mol. The number of benzene rings is 3. The molecule has 0 saturated carbocycles. The molecular weight excluding hydrogens is 464 g/mol. The molecule has 6 rings (SSSR count). The van der Waals surface area contributed by atoms with Gasteiger partial charge in [-0.15, -0.1) is 0 Å². The molecule has 3 aromatic carbocycles. The molecule has 0 unspecified atom stereocenters. The lowest BCUT2D eigenvalue weighted by atomic mass is 9.90. The van der Waals surface area contributed by atoms with Crippen LogP contribution in [0.25, 0.3) is 43.8 Å². The van der Waals surface area contributed by atoms with E-state index < -0.39 is 8.07 Å². The summed E-state index contributed by atoms with van der Waals surface area (Å²) in [5.41, 5.74) is 8.79. The molecule has 1 aliphatic rings. The van der Waals surface area contributed by atoms with Crippen molar-refractivity contribution in [2.45, 2.75) is 77.7 Å². The summed E-state index contributed by atoms with van der Waals surface area (Å²) in [7, 11) is 1.13. The van der Waals surface area contributed by atoms with Crippen LogP contribution in [0.1, 0.15) is 56.8 Å². The number of para-hydroxylation sites is 1. The minimum Gasteiger partial charge on any atom is -0.338 e. The maximum Gasteiger partial charge on any atom is 0.220 e. The first-order valence-electron chi connectivity index (χ1n) is 14.5. The van der Waals surface area contributed by atoms with Crippen LogP contribution in [-0.2, 0) is 7.05 Å². The van der Waals surface area contributed by atoms with Gasteiger partial charge in [-0.3, -0.25) is 0 Å². The van der Waals surface area contributed by atoms with E-state index in [-0.39, 0.29) is 0 Å². The van der Waals surface area contributed by atoms with Gasteiger partial charge in [-0.1, -0.05) is 55.5 Å². The van der Waals surface area contributed by atoms with Gasteiger partial charge >= 0.3 is 0 Å². The van der Waals surface area contributed by atoms with Crippen molar-refractivity contribution in [3.8, 4) is 11.3 Å². The quantitative estimate of drug-likeness (QED) is 0.170. The number of fused-ring (bicyclic) bond motifs is 4. The summed E-state index contributed by atoms with van der Waals surface area (Å²) in [6, 6.07) is 24.5. The number of aryl methyl sites for hydroxylation is 1. The van der Waals surface area contributed by atoms with Crippen molar-refractivity contribution in [3.05, 3.63) is 77.5 Å². The van der Waals surface area contributed by atoms with Crippen molar-refractivity contribution in [2.75, 3.05) is 0 Å². The molecule has 2 aromatic heterocycles. The molecule has 5 aromatic rings. The highest BCUT2D eigenvalue weighted by molar-refractivity contribution is 6.77. The van der Waals surface area contributed by atoms with Crippen molar-refractivity contribution < 1.29 is 5.94 Å². The van der Waals surface area contributed by atoms with Crippen LogP contribution in [0.3, 0.4) is 0 Å². The smallest absolute Gasteiger partial charge is 0.220 e. The first kappa shape index (κ1) is 23.2. The van der Waals surface area contributed by atoms with Crippen LogP contribution >= 0.6 is 0 Å². The Bertz CT molecular complexity index is 1720. The zero-order valence-electron chi connectivity index (χ0n) is 24.6. The van der Waals surface area contributed by atoms with E-state index in [0.29, 0.717) is 18.0 Å². The molecule has 1 saturated heterocycles. The Morgan fingerprint density at radius 3 is 2.38 bits per heavy atom. The van der Waals surface area contributed by atoms with E-state index in [9.17, 15) is 0 Å². The highest BCUT2D eigenvalue weighted by Gasteiger charge is 2.30. The van der Waals surface area contributed by atoms with Gasteiger partial charge in [0.25, 0.3) is 0 Å². The fraction of sp³-hybridized carbons (Fsp3) is 0.382. The standard InChI is InChI=1S/C34H41N2Si/c1-22(2)36-32-11-9-8-10-29(32)31-18-23(3)30(21-33(31)36)34-28-13-12-26(20-27(28)19-24(4)35(34)5)25-14-16-37(6,7)17-15-25/h8-13,18-22,25H,14-17H2,1-7H3/q+1/i19D. The van der Waals surface area contributed by atoms with Crippen LogP contribution in [0.2, 0.25) is 25.2 Å². The van der Waals surface area contributed by atoms with Crippen LogP contribution in [0.15, 0.2) is 60.6 Å². The highest BCUT2D eigenvalue weighted by atomic mass is 28.3. The second-order valence-corrected chi connectivity index (χ2v) is 17.9. The molecule has 3 heterocycles. The summed E-state index contributed by atoms with van der Waals surface area (Å²) in [6.45, 7) is 14.0. The molecule has 0 spiro atoms. The number of hydrogen-bond acceptors (Lipinski definition) is 0. The molecule has 0 amide bonds. The maximum absolute atomic E-state index is 9.09. The molecule has 190 valence electrons. The van der Waals surface area contributed by atoms with Gasteiger partial charge in [0.15, 0.2) is 5.69 Å². The van der Waals surface area contributed by atoms with Gasteiger partial charge in [-0.05, 0) is 80.3 Å². The monoisotopic (exact) mass is 506 g/mol. The number of aromatic nitrogens is 2. The molecule has 0 atom stereocenters. The fourth-order valence-corrected chi connectivity index (χ4v) is 9.29. The Labute approximate surface area is 224 Å². The van der Waals surface area contributed by atoms with E-state index in [0.717, 1.165) is 11.1 Å². The number of nitrogens with zero attached hydrogens (tertiary/aromatic N) is 2. The Kier molecular flexibility index (Phi) is 5.55. The average Bonchev–Trinajstić information content (AvgIpc) is 3.21. The lowest BCUT2D eigenvalue weighted by Gasteiger charge is -2.33. The van der Waals surface area contributed by atoms with Crippen LogP contribution < -0.4 is 4.57 Å². The third-order valence-corrected chi connectivity index (χ3v) is 12.4. The van der Waals surface area contributed by atoms with Gasteiger partial charge in [0.05, 0.1) is 17.8 Å². The minimum absolute atomic E-state index is 0.363. The van der Waals surface area contributed by atoms with Gasteiger partial charge < -0.3 is 4.57 Å². The largest absolute Gasteiger partial charge is 0.338 e. The molecule has 37 heavy (non-hydrogen) atoms. The van der Waals surface area contributed by atoms with Crippen molar-refractivity contribution >= 4 is 40.7 Å². The Morgan fingerprint density at radius 2 is 1.65 bits per heavy atom. The number of pyridine rings is 1. The summed E-state index contributed by atoms with van der Waals surface area (Å²) in [5.74, 6) is 0.636. The lowest BCUT2D eigenvalue weighted by Crippen LogP contribution is -2.35. The van der Waals surface area contributed by atoms with Crippen LogP contribution in [0.4, 0.5) is 0 Å². The Balaban J connectivity index is 1.59. The third-order valence-electron chi connectivity index (χ3n) is 9.09. The first-order chi connectivity index (χ1) is 18.1. The van der Waals surface area contributed by atoms with E-state index in [1.165, 1.54) is 74.5 Å². The highest BCUT2D eigenvalue weighted by Crippen LogP contribution is 2.41. The van der Waals surface area contributed by atoms with Gasteiger partial charge in [0.2, 0.25) is 5.69 Å². The van der Waals surface area contributed by atoms with Gasteiger partial charge in [-0.2, -0.15) is 4.57 Å². The Morgan fingerprint density at radius 1 is 0.919 bits per heavy atom. The van der Waals surface area contributed by atoms with E-state index in [2.05, 4.69) is 112 Å². The van der Waals surface area contributed by atoms with Gasteiger partial charge in [0.1, 0.15) is 7.05 Å². The summed E-state index contributed by atoms with van der Waals surface area (Å²) < 4.78 is 13.8. The Hall–Kier alpha value is -2.91. The third kappa shape index (κ3) is 4.03.